The second-order valence-electron chi connectivity index (χ2n) is 8.23. The van der Waals surface area contributed by atoms with Gasteiger partial charge in [-0.2, -0.15) is 0 Å². The summed E-state index contributed by atoms with van der Waals surface area (Å²) in [4.78, 5) is 26.8. The molecule has 1 aliphatic rings. The first-order chi connectivity index (χ1) is 15.9. The molecule has 3 N–H and O–H groups in total. The molecular weight excluding hydrogens is 436 g/mol. The molecule has 0 saturated carbocycles. The summed E-state index contributed by atoms with van der Waals surface area (Å²) in [5.41, 5.74) is 10.7. The minimum absolute atomic E-state index is 0.157. The maximum atomic E-state index is 12.8. The number of carbonyl (C=O) groups excluding carboxylic acids is 2. The Labute approximate surface area is 197 Å². The van der Waals surface area contributed by atoms with Gasteiger partial charge in [-0.05, 0) is 74.6 Å². The van der Waals surface area contributed by atoms with E-state index in [9.17, 15) is 9.59 Å². The molecule has 2 amide bonds. The van der Waals surface area contributed by atoms with Crippen LogP contribution in [0.1, 0.15) is 40.7 Å². The van der Waals surface area contributed by atoms with Crippen LogP contribution in [0.25, 0.3) is 5.69 Å². The number of primary amides is 1. The largest absolute Gasteiger partial charge is 0.370 e. The van der Waals surface area contributed by atoms with E-state index in [2.05, 4.69) is 46.4 Å². The zero-order valence-corrected chi connectivity index (χ0v) is 19.7. The molecule has 1 aromatic heterocycles. The summed E-state index contributed by atoms with van der Waals surface area (Å²) >= 11 is 1.31. The molecule has 0 unspecified atom stereocenters. The van der Waals surface area contributed by atoms with Gasteiger partial charge in [0, 0.05) is 24.3 Å². The Morgan fingerprint density at radius 3 is 2.58 bits per heavy atom. The summed E-state index contributed by atoms with van der Waals surface area (Å²) < 4.78 is 1.87. The predicted molar refractivity (Wildman–Crippen MR) is 131 cm³/mol. The number of piperidine rings is 1. The molecule has 0 spiro atoms. The predicted octanol–water partition coefficient (Wildman–Crippen LogP) is 3.70. The van der Waals surface area contributed by atoms with Gasteiger partial charge in [-0.3, -0.25) is 14.2 Å². The Morgan fingerprint density at radius 2 is 1.85 bits per heavy atom. The number of amides is 2. The van der Waals surface area contributed by atoms with E-state index < -0.39 is 5.91 Å². The molecule has 1 fully saturated rings. The van der Waals surface area contributed by atoms with Gasteiger partial charge >= 0.3 is 0 Å². The summed E-state index contributed by atoms with van der Waals surface area (Å²) in [7, 11) is 0. The van der Waals surface area contributed by atoms with Gasteiger partial charge in [0.2, 0.25) is 11.8 Å². The van der Waals surface area contributed by atoms with Crippen molar-refractivity contribution in [3.63, 3.8) is 0 Å². The van der Waals surface area contributed by atoms with Gasteiger partial charge in [-0.15, -0.1) is 10.2 Å². The van der Waals surface area contributed by atoms with Gasteiger partial charge in [0.1, 0.15) is 6.33 Å². The third-order valence-corrected chi connectivity index (χ3v) is 6.81. The van der Waals surface area contributed by atoms with Gasteiger partial charge in [0.25, 0.3) is 0 Å². The number of nitrogens with two attached hydrogens (primary N) is 1. The molecule has 9 heteroatoms. The van der Waals surface area contributed by atoms with Gasteiger partial charge in [0.15, 0.2) is 5.16 Å². The Morgan fingerprint density at radius 1 is 1.06 bits per heavy atom. The van der Waals surface area contributed by atoms with Gasteiger partial charge in [0.05, 0.1) is 17.1 Å². The van der Waals surface area contributed by atoms with Gasteiger partial charge < -0.3 is 16.0 Å². The molecule has 0 aliphatic carbocycles. The summed E-state index contributed by atoms with van der Waals surface area (Å²) in [6, 6.07) is 11.4. The monoisotopic (exact) mass is 464 g/mol. The fraction of sp³-hybridized carbons (Fsp3) is 0.333. The number of benzene rings is 2. The van der Waals surface area contributed by atoms with Crippen LogP contribution in [0.5, 0.6) is 0 Å². The second-order valence-corrected chi connectivity index (χ2v) is 9.18. The first kappa shape index (κ1) is 22.8. The number of hydrogen-bond donors (Lipinski definition) is 2. The number of hydrogen-bond acceptors (Lipinski definition) is 6. The zero-order valence-electron chi connectivity index (χ0n) is 18.9. The lowest BCUT2D eigenvalue weighted by molar-refractivity contribution is -0.113. The first-order valence-electron chi connectivity index (χ1n) is 11.0. The second kappa shape index (κ2) is 10.1. The van der Waals surface area contributed by atoms with E-state index in [0.29, 0.717) is 16.4 Å². The highest BCUT2D eigenvalue weighted by Gasteiger charge is 2.18. The van der Waals surface area contributed by atoms with Crippen molar-refractivity contribution in [2.45, 2.75) is 38.3 Å². The van der Waals surface area contributed by atoms with Crippen LogP contribution in [-0.2, 0) is 4.79 Å². The normalized spacial score (nSPS) is 13.7. The lowest BCUT2D eigenvalue weighted by Crippen LogP contribution is -2.30. The molecule has 1 aliphatic heterocycles. The molecule has 8 nitrogen and oxygen atoms in total. The van der Waals surface area contributed by atoms with Crippen molar-refractivity contribution in [3.8, 4) is 5.69 Å². The van der Waals surface area contributed by atoms with Crippen LogP contribution in [0.15, 0.2) is 47.9 Å². The minimum Gasteiger partial charge on any atom is -0.370 e. The van der Waals surface area contributed by atoms with E-state index in [1.165, 1.54) is 29.3 Å². The molecule has 172 valence electrons. The first-order valence-corrected chi connectivity index (χ1v) is 12.0. The van der Waals surface area contributed by atoms with E-state index in [4.69, 9.17) is 5.73 Å². The molecule has 3 aromatic rings. The topological polar surface area (TPSA) is 106 Å². The highest BCUT2D eigenvalue weighted by molar-refractivity contribution is 7.99. The quantitative estimate of drug-likeness (QED) is 0.517. The molecule has 0 bridgehead atoms. The van der Waals surface area contributed by atoms with Crippen molar-refractivity contribution < 1.29 is 9.59 Å². The summed E-state index contributed by atoms with van der Waals surface area (Å²) in [5, 5.41) is 11.8. The smallest absolute Gasteiger partial charge is 0.248 e. The molecule has 0 radical (unpaired) electrons. The number of anilines is 2. The van der Waals surface area contributed by atoms with Crippen molar-refractivity contribution in [2.24, 2.45) is 5.73 Å². The Balaban J connectivity index is 1.48. The maximum Gasteiger partial charge on any atom is 0.248 e. The lowest BCUT2D eigenvalue weighted by Gasteiger charge is -2.30. The van der Waals surface area contributed by atoms with E-state index in [0.717, 1.165) is 37.3 Å². The molecular formula is C24H28N6O2S. The number of thioether (sulfide) groups is 1. The molecule has 1 saturated heterocycles. The average molecular weight is 465 g/mol. The average Bonchev–Trinajstić information content (AvgIpc) is 3.29. The summed E-state index contributed by atoms with van der Waals surface area (Å²) in [6.07, 6.45) is 5.06. The Kier molecular flexibility index (Phi) is 6.98. The summed E-state index contributed by atoms with van der Waals surface area (Å²) in [5.74, 6) is -0.551. The number of aryl methyl sites for hydroxylation is 2. The number of carbonyl (C=O) groups is 2. The van der Waals surface area contributed by atoms with Crippen molar-refractivity contribution in [2.75, 3.05) is 29.1 Å². The fourth-order valence-corrected chi connectivity index (χ4v) is 4.62. The van der Waals surface area contributed by atoms with Crippen LogP contribution in [0, 0.1) is 13.8 Å². The summed E-state index contributed by atoms with van der Waals surface area (Å²) in [6.45, 7) is 5.97. The highest BCUT2D eigenvalue weighted by Crippen LogP contribution is 2.30. The van der Waals surface area contributed by atoms with E-state index in [1.54, 1.807) is 18.5 Å². The van der Waals surface area contributed by atoms with Gasteiger partial charge in [-0.25, -0.2) is 0 Å². The number of nitrogens with one attached hydrogen (secondary N) is 1. The molecule has 2 aromatic carbocycles. The Hall–Kier alpha value is -3.33. The van der Waals surface area contributed by atoms with Crippen LogP contribution < -0.4 is 16.0 Å². The van der Waals surface area contributed by atoms with Crippen molar-refractivity contribution >= 4 is 35.0 Å². The highest BCUT2D eigenvalue weighted by atomic mass is 32.2. The van der Waals surface area contributed by atoms with Crippen molar-refractivity contribution in [1.82, 2.24) is 14.8 Å². The van der Waals surface area contributed by atoms with E-state index in [-0.39, 0.29) is 11.7 Å². The SMILES string of the molecule is Cc1ccc(-n2cnnc2SCC(=O)Nc2cc(C(N)=O)ccc2N2CCCCC2)cc1C. The van der Waals surface area contributed by atoms with Crippen LogP contribution in [0.3, 0.4) is 0 Å². The van der Waals surface area contributed by atoms with Crippen LogP contribution in [0.4, 0.5) is 11.4 Å². The number of nitrogens with zero attached hydrogens (tertiary/aromatic N) is 4. The van der Waals surface area contributed by atoms with Crippen LogP contribution >= 0.6 is 11.8 Å². The fourth-order valence-electron chi connectivity index (χ4n) is 3.89. The zero-order chi connectivity index (χ0) is 23.4. The van der Waals surface area contributed by atoms with Gasteiger partial charge in [-0.1, -0.05) is 17.8 Å². The molecule has 0 atom stereocenters. The maximum absolute atomic E-state index is 12.8. The number of rotatable bonds is 7. The third-order valence-electron chi connectivity index (χ3n) is 5.87. The third kappa shape index (κ3) is 5.36. The van der Waals surface area contributed by atoms with E-state index in [1.807, 2.05) is 16.7 Å². The number of aromatic nitrogens is 3. The molecule has 2 heterocycles. The molecule has 4 rings (SSSR count). The van der Waals surface area contributed by atoms with Crippen molar-refractivity contribution in [3.05, 3.63) is 59.4 Å². The minimum atomic E-state index is -0.522. The Bertz CT molecular complexity index is 1170. The van der Waals surface area contributed by atoms with Crippen LogP contribution in [0.2, 0.25) is 0 Å². The van der Waals surface area contributed by atoms with Crippen molar-refractivity contribution in [1.29, 1.82) is 0 Å². The standard InChI is InChI=1S/C24H28N6O2S/c1-16-6-8-19(12-17(16)2)30-15-26-28-24(30)33-14-22(31)27-20-13-18(23(25)32)7-9-21(20)29-10-4-3-5-11-29/h6-9,12-13,15H,3-5,10-11,14H2,1-2H3,(H2,25,32)(H,27,31). The van der Waals surface area contributed by atoms with Crippen LogP contribution in [-0.4, -0.2) is 45.4 Å². The lowest BCUT2D eigenvalue weighted by atomic mass is 10.1. The van der Waals surface area contributed by atoms with E-state index >= 15 is 0 Å². The molecule has 33 heavy (non-hydrogen) atoms.